The molecule has 0 radical (unpaired) electrons. The van der Waals surface area contributed by atoms with Gasteiger partial charge in [0.1, 0.15) is 24.0 Å². The Balaban J connectivity index is 1.78. The Morgan fingerprint density at radius 3 is 2.27 bits per heavy atom. The number of ether oxygens (including phenoxy) is 1. The molecule has 168 valence electrons. The van der Waals surface area contributed by atoms with Crippen LogP contribution in [-0.4, -0.2) is 5.91 Å². The van der Waals surface area contributed by atoms with Gasteiger partial charge in [-0.25, -0.2) is 0 Å². The highest BCUT2D eigenvalue weighted by atomic mass is 79.9. The highest BCUT2D eigenvalue weighted by molar-refractivity contribution is 9.11. The summed E-state index contributed by atoms with van der Waals surface area (Å²) in [6, 6.07) is 15.2. The van der Waals surface area contributed by atoms with E-state index >= 15 is 0 Å². The van der Waals surface area contributed by atoms with Crippen molar-refractivity contribution in [2.24, 2.45) is 0 Å². The van der Waals surface area contributed by atoms with E-state index in [1.54, 1.807) is 42.5 Å². The van der Waals surface area contributed by atoms with Crippen LogP contribution in [0.1, 0.15) is 11.1 Å². The quantitative estimate of drug-likeness (QED) is 0.214. The molecule has 0 aromatic heterocycles. The second-order valence-electron chi connectivity index (χ2n) is 6.59. The predicted octanol–water partition coefficient (Wildman–Crippen LogP) is 8.95. The first kappa shape index (κ1) is 25.9. The third kappa shape index (κ3) is 6.89. The summed E-state index contributed by atoms with van der Waals surface area (Å²) in [6.07, 6.45) is 1.46. The van der Waals surface area contributed by atoms with E-state index in [1.807, 2.05) is 6.07 Å². The monoisotopic (exact) mass is 646 g/mol. The number of nitriles is 1. The van der Waals surface area contributed by atoms with Gasteiger partial charge in [0.15, 0.2) is 0 Å². The molecule has 1 N–H and O–H groups in total. The molecule has 0 spiro atoms. The van der Waals surface area contributed by atoms with Gasteiger partial charge < -0.3 is 10.1 Å². The summed E-state index contributed by atoms with van der Waals surface area (Å²) in [5.74, 6) is -0.0437. The summed E-state index contributed by atoms with van der Waals surface area (Å²) >= 11 is 30.9. The summed E-state index contributed by atoms with van der Waals surface area (Å²) in [7, 11) is 0. The second-order valence-corrected chi connectivity index (χ2v) is 9.96. The van der Waals surface area contributed by atoms with Crippen LogP contribution in [-0.2, 0) is 11.4 Å². The zero-order valence-corrected chi connectivity index (χ0v) is 22.6. The number of amides is 1. The molecular weight excluding hydrogens is 638 g/mol. The van der Waals surface area contributed by atoms with Gasteiger partial charge >= 0.3 is 0 Å². The first-order valence-corrected chi connectivity index (χ1v) is 12.2. The fourth-order valence-electron chi connectivity index (χ4n) is 2.68. The molecule has 33 heavy (non-hydrogen) atoms. The van der Waals surface area contributed by atoms with Crippen molar-refractivity contribution in [1.82, 2.24) is 0 Å². The number of nitrogens with zero attached hydrogens (tertiary/aromatic N) is 1. The minimum absolute atomic E-state index is 0.0958. The third-order valence-corrected chi connectivity index (χ3v) is 6.77. The molecule has 1 amide bonds. The van der Waals surface area contributed by atoms with Crippen molar-refractivity contribution in [1.29, 1.82) is 5.26 Å². The van der Waals surface area contributed by atoms with Crippen molar-refractivity contribution in [2.45, 2.75) is 6.61 Å². The van der Waals surface area contributed by atoms with Crippen molar-refractivity contribution >= 4 is 95.9 Å². The Morgan fingerprint density at radius 1 is 0.970 bits per heavy atom. The minimum Gasteiger partial charge on any atom is -0.486 e. The second kappa shape index (κ2) is 11.6. The number of nitrogens with one attached hydrogen (secondary N) is 1. The van der Waals surface area contributed by atoms with Crippen molar-refractivity contribution in [3.8, 4) is 11.8 Å². The van der Waals surface area contributed by atoms with Crippen molar-refractivity contribution in [2.75, 3.05) is 5.32 Å². The van der Waals surface area contributed by atoms with Gasteiger partial charge in [0.25, 0.3) is 5.91 Å². The van der Waals surface area contributed by atoms with Gasteiger partial charge in [-0.15, -0.1) is 0 Å². The predicted molar refractivity (Wildman–Crippen MR) is 141 cm³/mol. The highest BCUT2D eigenvalue weighted by Gasteiger charge is 2.14. The lowest BCUT2D eigenvalue weighted by atomic mass is 10.1. The van der Waals surface area contributed by atoms with Gasteiger partial charge in [-0.1, -0.05) is 52.5 Å². The molecule has 0 atom stereocenters. The summed E-state index contributed by atoms with van der Waals surface area (Å²) in [5, 5.41) is 13.8. The van der Waals surface area contributed by atoms with E-state index in [4.69, 9.17) is 51.1 Å². The summed E-state index contributed by atoms with van der Waals surface area (Å²) in [4.78, 5) is 12.5. The minimum atomic E-state index is -0.583. The van der Waals surface area contributed by atoms with E-state index in [1.165, 1.54) is 12.1 Å². The highest BCUT2D eigenvalue weighted by Crippen LogP contribution is 2.36. The maximum Gasteiger partial charge on any atom is 0.266 e. The molecule has 10 heteroatoms. The van der Waals surface area contributed by atoms with E-state index in [2.05, 4.69) is 37.2 Å². The number of carbonyl (C=O) groups excluding carboxylic acids is 1. The lowest BCUT2D eigenvalue weighted by Gasteiger charge is -2.13. The van der Waals surface area contributed by atoms with Crippen LogP contribution in [0.2, 0.25) is 20.1 Å². The van der Waals surface area contributed by atoms with Crippen molar-refractivity contribution in [3.05, 3.63) is 94.3 Å². The van der Waals surface area contributed by atoms with Crippen LogP contribution in [0.4, 0.5) is 5.69 Å². The Morgan fingerprint density at radius 2 is 1.67 bits per heavy atom. The number of anilines is 1. The van der Waals surface area contributed by atoms with Gasteiger partial charge in [-0.2, -0.15) is 5.26 Å². The lowest BCUT2D eigenvalue weighted by molar-refractivity contribution is -0.112. The molecule has 0 bridgehead atoms. The van der Waals surface area contributed by atoms with Crippen LogP contribution in [0.5, 0.6) is 5.75 Å². The lowest BCUT2D eigenvalue weighted by Crippen LogP contribution is -2.13. The molecule has 0 aliphatic carbocycles. The van der Waals surface area contributed by atoms with Crippen LogP contribution in [0.3, 0.4) is 0 Å². The Bertz CT molecular complexity index is 1280. The Kier molecular flexibility index (Phi) is 9.11. The molecule has 4 nitrogen and oxygen atoms in total. The first-order valence-electron chi connectivity index (χ1n) is 9.12. The molecule has 0 heterocycles. The zero-order chi connectivity index (χ0) is 24.1. The van der Waals surface area contributed by atoms with Crippen LogP contribution in [0.15, 0.2) is 63.0 Å². The topological polar surface area (TPSA) is 62.1 Å². The first-order chi connectivity index (χ1) is 15.7. The number of rotatable bonds is 6. The van der Waals surface area contributed by atoms with E-state index in [9.17, 15) is 10.1 Å². The molecular formula is C23H12Br2Cl4N2O2. The van der Waals surface area contributed by atoms with Gasteiger partial charge in [-0.3, -0.25) is 4.79 Å². The average molecular weight is 650 g/mol. The summed E-state index contributed by atoms with van der Waals surface area (Å²) < 4.78 is 7.14. The molecule has 0 aliphatic heterocycles. The van der Waals surface area contributed by atoms with Crippen molar-refractivity contribution < 1.29 is 9.53 Å². The Hall–Kier alpha value is -1.72. The number of hydrogen-bond acceptors (Lipinski definition) is 3. The van der Waals surface area contributed by atoms with E-state index in [0.717, 1.165) is 5.56 Å². The maximum atomic E-state index is 12.5. The SMILES string of the molecule is N#C/C(=C\c1cc(Br)c(OCc2ccc(Cl)cc2Cl)c(Br)c1)C(=O)Nc1ccc(Cl)c(Cl)c1. The van der Waals surface area contributed by atoms with Gasteiger partial charge in [-0.05, 0) is 86.0 Å². The molecule has 0 aliphatic rings. The maximum absolute atomic E-state index is 12.5. The zero-order valence-electron chi connectivity index (χ0n) is 16.4. The Labute approximate surface area is 227 Å². The van der Waals surface area contributed by atoms with Gasteiger partial charge in [0, 0.05) is 21.3 Å². The average Bonchev–Trinajstić information content (AvgIpc) is 2.75. The van der Waals surface area contributed by atoms with E-state index < -0.39 is 5.91 Å². The number of hydrogen-bond donors (Lipinski definition) is 1. The van der Waals surface area contributed by atoms with E-state index in [-0.39, 0.29) is 12.2 Å². The third-order valence-electron chi connectivity index (χ3n) is 4.26. The van der Waals surface area contributed by atoms with Gasteiger partial charge in [0.05, 0.1) is 19.0 Å². The van der Waals surface area contributed by atoms with Crippen LogP contribution >= 0.6 is 78.3 Å². The van der Waals surface area contributed by atoms with Crippen LogP contribution < -0.4 is 10.1 Å². The molecule has 0 fully saturated rings. The molecule has 0 unspecified atom stereocenters. The molecule has 3 aromatic carbocycles. The van der Waals surface area contributed by atoms with Crippen LogP contribution in [0.25, 0.3) is 6.08 Å². The fourth-order valence-corrected chi connectivity index (χ4v) is 4.89. The molecule has 0 saturated carbocycles. The molecule has 3 aromatic rings. The number of halogens is 6. The summed E-state index contributed by atoms with van der Waals surface area (Å²) in [6.45, 7) is 0.220. The van der Waals surface area contributed by atoms with Crippen molar-refractivity contribution in [3.63, 3.8) is 0 Å². The molecule has 3 rings (SSSR count). The smallest absolute Gasteiger partial charge is 0.266 e. The summed E-state index contributed by atoms with van der Waals surface area (Å²) in [5.41, 5.74) is 1.70. The van der Waals surface area contributed by atoms with E-state index in [0.29, 0.717) is 46.0 Å². The normalized spacial score (nSPS) is 11.1. The van der Waals surface area contributed by atoms with Crippen LogP contribution in [0, 0.1) is 11.3 Å². The standard InChI is InChI=1S/C23H12Br2Cl4N2O2/c24-17-6-12(5-14(10-30)23(32)31-16-3-4-19(27)21(29)9-16)7-18(25)22(17)33-11-13-1-2-15(26)8-20(13)28/h1-9H,11H2,(H,31,32)/b14-5+. The largest absolute Gasteiger partial charge is 0.486 e. The number of benzene rings is 3. The number of carbonyl (C=O) groups is 1. The molecule has 0 saturated heterocycles. The fraction of sp³-hybridized carbons (Fsp3) is 0.0435. The van der Waals surface area contributed by atoms with Gasteiger partial charge in [0.2, 0.25) is 0 Å².